The number of nitrogens with one attached hydrogen (secondary N) is 1. The molecular weight excluding hydrogens is 202 g/mol. The first kappa shape index (κ1) is 11.4. The molecule has 0 spiro atoms. The van der Waals surface area contributed by atoms with Gasteiger partial charge >= 0.3 is 0 Å². The van der Waals surface area contributed by atoms with E-state index in [9.17, 15) is 4.79 Å². The summed E-state index contributed by atoms with van der Waals surface area (Å²) in [5, 5.41) is 12.0. The number of amides is 1. The number of hydrogen-bond acceptors (Lipinski definition) is 3. The zero-order valence-electron chi connectivity index (χ0n) is 9.61. The maximum absolute atomic E-state index is 11.5. The molecule has 0 bridgehead atoms. The summed E-state index contributed by atoms with van der Waals surface area (Å²) in [5.41, 5.74) is 0. The van der Waals surface area contributed by atoms with Crippen LogP contribution in [0.5, 0.6) is 0 Å². The van der Waals surface area contributed by atoms with Gasteiger partial charge in [-0.05, 0) is 19.3 Å². The standard InChI is InChI=1S/C12H19N3O/c13-8-10-4-1-2-5-11(10)15-7-3-6-14-12(16)9-15/h10-11H,1-7,9H2,(H,14,16). The summed E-state index contributed by atoms with van der Waals surface area (Å²) in [6.45, 7) is 2.20. The van der Waals surface area contributed by atoms with E-state index in [1.165, 1.54) is 6.42 Å². The lowest BCUT2D eigenvalue weighted by Crippen LogP contribution is -2.45. The highest BCUT2D eigenvalue weighted by molar-refractivity contribution is 5.78. The maximum atomic E-state index is 11.5. The lowest BCUT2D eigenvalue weighted by molar-refractivity contribution is -0.122. The number of hydrogen-bond donors (Lipinski definition) is 1. The van der Waals surface area contributed by atoms with Crippen LogP contribution in [0.1, 0.15) is 32.1 Å². The van der Waals surface area contributed by atoms with Gasteiger partial charge in [0, 0.05) is 19.1 Å². The van der Waals surface area contributed by atoms with Gasteiger partial charge in [-0.25, -0.2) is 0 Å². The minimum absolute atomic E-state index is 0.111. The monoisotopic (exact) mass is 221 g/mol. The Kier molecular flexibility index (Phi) is 3.79. The van der Waals surface area contributed by atoms with E-state index in [1.54, 1.807) is 0 Å². The highest BCUT2D eigenvalue weighted by atomic mass is 16.2. The number of nitrogens with zero attached hydrogens (tertiary/aromatic N) is 2. The molecule has 1 saturated carbocycles. The van der Waals surface area contributed by atoms with Crippen molar-refractivity contribution in [3.8, 4) is 6.07 Å². The second-order valence-corrected chi connectivity index (χ2v) is 4.76. The summed E-state index contributed by atoms with van der Waals surface area (Å²) in [5.74, 6) is 0.236. The SMILES string of the molecule is N#CC1CCCCC1N1CCCNC(=O)C1. The van der Waals surface area contributed by atoms with Crippen molar-refractivity contribution < 1.29 is 4.79 Å². The molecule has 2 rings (SSSR count). The number of nitriles is 1. The highest BCUT2D eigenvalue weighted by Crippen LogP contribution is 2.28. The summed E-state index contributed by atoms with van der Waals surface area (Å²) in [6.07, 6.45) is 5.43. The minimum atomic E-state index is 0.111. The lowest BCUT2D eigenvalue weighted by Gasteiger charge is -2.35. The Morgan fingerprint density at radius 3 is 2.94 bits per heavy atom. The van der Waals surface area contributed by atoms with Crippen molar-refractivity contribution in [1.29, 1.82) is 5.26 Å². The first-order chi connectivity index (χ1) is 7.81. The van der Waals surface area contributed by atoms with E-state index in [-0.39, 0.29) is 11.8 Å². The van der Waals surface area contributed by atoms with Crippen molar-refractivity contribution >= 4 is 5.91 Å². The topological polar surface area (TPSA) is 56.1 Å². The molecule has 16 heavy (non-hydrogen) atoms. The molecule has 88 valence electrons. The molecule has 4 heteroatoms. The molecule has 1 N–H and O–H groups in total. The molecule has 1 aliphatic carbocycles. The molecule has 0 aromatic rings. The van der Waals surface area contributed by atoms with Crippen LogP contribution in [-0.4, -0.2) is 36.5 Å². The molecule has 2 unspecified atom stereocenters. The van der Waals surface area contributed by atoms with Gasteiger partial charge in [0.15, 0.2) is 0 Å². The Bertz CT molecular complexity index is 297. The Labute approximate surface area is 96.6 Å². The quantitative estimate of drug-likeness (QED) is 0.715. The fourth-order valence-corrected chi connectivity index (χ4v) is 2.81. The lowest BCUT2D eigenvalue weighted by atomic mass is 9.84. The molecule has 2 atom stereocenters. The van der Waals surface area contributed by atoms with Crippen LogP contribution in [0.4, 0.5) is 0 Å². The normalized spacial score (nSPS) is 32.6. The number of carbonyl (C=O) groups excluding carboxylic acids is 1. The molecule has 1 amide bonds. The van der Waals surface area contributed by atoms with E-state index in [2.05, 4.69) is 16.3 Å². The van der Waals surface area contributed by atoms with Crippen LogP contribution in [-0.2, 0) is 4.79 Å². The first-order valence-electron chi connectivity index (χ1n) is 6.21. The zero-order chi connectivity index (χ0) is 11.4. The molecular formula is C12H19N3O. The van der Waals surface area contributed by atoms with Crippen molar-refractivity contribution in [3.63, 3.8) is 0 Å². The molecule has 1 heterocycles. The zero-order valence-corrected chi connectivity index (χ0v) is 9.61. The molecule has 2 fully saturated rings. The Balaban J connectivity index is 2.03. The Hall–Kier alpha value is -1.08. The van der Waals surface area contributed by atoms with Gasteiger partial charge in [0.25, 0.3) is 0 Å². The summed E-state index contributed by atoms with van der Waals surface area (Å²) in [6, 6.07) is 2.72. The molecule has 0 radical (unpaired) electrons. The molecule has 0 aromatic heterocycles. The molecule has 4 nitrogen and oxygen atoms in total. The third-order valence-electron chi connectivity index (χ3n) is 3.66. The van der Waals surface area contributed by atoms with Gasteiger partial charge in [-0.3, -0.25) is 9.69 Å². The second kappa shape index (κ2) is 5.31. The van der Waals surface area contributed by atoms with Crippen molar-refractivity contribution in [2.24, 2.45) is 5.92 Å². The largest absolute Gasteiger partial charge is 0.355 e. The average molecular weight is 221 g/mol. The third kappa shape index (κ3) is 2.53. The molecule has 0 aromatic carbocycles. The van der Waals surface area contributed by atoms with Crippen LogP contribution in [0.3, 0.4) is 0 Å². The van der Waals surface area contributed by atoms with E-state index in [1.807, 2.05) is 0 Å². The van der Waals surface area contributed by atoms with Crippen LogP contribution >= 0.6 is 0 Å². The van der Waals surface area contributed by atoms with Gasteiger partial charge in [-0.2, -0.15) is 5.26 Å². The van der Waals surface area contributed by atoms with Crippen LogP contribution in [0.15, 0.2) is 0 Å². The van der Waals surface area contributed by atoms with Gasteiger partial charge in [0.1, 0.15) is 0 Å². The van der Waals surface area contributed by atoms with Crippen molar-refractivity contribution in [2.45, 2.75) is 38.1 Å². The highest BCUT2D eigenvalue weighted by Gasteiger charge is 2.31. The van der Waals surface area contributed by atoms with Crippen LogP contribution < -0.4 is 5.32 Å². The molecule has 1 saturated heterocycles. The van der Waals surface area contributed by atoms with Gasteiger partial charge in [-0.15, -0.1) is 0 Å². The summed E-state index contributed by atoms with van der Waals surface area (Å²) in [4.78, 5) is 13.7. The van der Waals surface area contributed by atoms with Crippen molar-refractivity contribution in [3.05, 3.63) is 0 Å². The third-order valence-corrected chi connectivity index (χ3v) is 3.66. The van der Waals surface area contributed by atoms with Gasteiger partial charge < -0.3 is 5.32 Å². The summed E-state index contributed by atoms with van der Waals surface area (Å²) in [7, 11) is 0. The summed E-state index contributed by atoms with van der Waals surface area (Å²) >= 11 is 0. The number of rotatable bonds is 1. The van der Waals surface area contributed by atoms with Gasteiger partial charge in [-0.1, -0.05) is 12.8 Å². The van der Waals surface area contributed by atoms with Crippen LogP contribution in [0, 0.1) is 17.2 Å². The Morgan fingerprint density at radius 1 is 1.31 bits per heavy atom. The first-order valence-corrected chi connectivity index (χ1v) is 6.21. The van der Waals surface area contributed by atoms with Crippen LogP contribution in [0.25, 0.3) is 0 Å². The van der Waals surface area contributed by atoms with E-state index >= 15 is 0 Å². The van der Waals surface area contributed by atoms with E-state index in [0.717, 1.165) is 38.8 Å². The number of carbonyl (C=O) groups is 1. The molecule has 1 aliphatic heterocycles. The van der Waals surface area contributed by atoms with Crippen LogP contribution in [0.2, 0.25) is 0 Å². The van der Waals surface area contributed by atoms with E-state index in [4.69, 9.17) is 5.26 Å². The smallest absolute Gasteiger partial charge is 0.234 e. The summed E-state index contributed by atoms with van der Waals surface area (Å²) < 4.78 is 0. The van der Waals surface area contributed by atoms with Gasteiger partial charge in [0.2, 0.25) is 5.91 Å². The second-order valence-electron chi connectivity index (χ2n) is 4.76. The van der Waals surface area contributed by atoms with E-state index < -0.39 is 0 Å². The molecule has 2 aliphatic rings. The predicted molar refractivity (Wildman–Crippen MR) is 60.6 cm³/mol. The minimum Gasteiger partial charge on any atom is -0.355 e. The van der Waals surface area contributed by atoms with E-state index in [0.29, 0.717) is 12.6 Å². The Morgan fingerprint density at radius 2 is 2.12 bits per heavy atom. The average Bonchev–Trinajstić information content (AvgIpc) is 2.54. The van der Waals surface area contributed by atoms with Crippen molar-refractivity contribution in [1.82, 2.24) is 10.2 Å². The predicted octanol–water partition coefficient (Wildman–Crippen LogP) is 0.891. The van der Waals surface area contributed by atoms with Crippen molar-refractivity contribution in [2.75, 3.05) is 19.6 Å². The maximum Gasteiger partial charge on any atom is 0.234 e. The fraction of sp³-hybridized carbons (Fsp3) is 0.833. The van der Waals surface area contributed by atoms with Gasteiger partial charge in [0.05, 0.1) is 18.5 Å². The fourth-order valence-electron chi connectivity index (χ4n) is 2.81.